The van der Waals surface area contributed by atoms with Crippen LogP contribution in [0.25, 0.3) is 0 Å². The summed E-state index contributed by atoms with van der Waals surface area (Å²) in [5.74, 6) is 1.53. The highest BCUT2D eigenvalue weighted by atomic mass is 16.5. The van der Waals surface area contributed by atoms with E-state index in [0.717, 1.165) is 18.9 Å². The summed E-state index contributed by atoms with van der Waals surface area (Å²) in [6, 6.07) is 8.81. The Bertz CT molecular complexity index is 305. The summed E-state index contributed by atoms with van der Waals surface area (Å²) in [5.41, 5.74) is 1.32. The van der Waals surface area contributed by atoms with Gasteiger partial charge in [0.1, 0.15) is 5.75 Å². The van der Waals surface area contributed by atoms with Crippen molar-refractivity contribution >= 4 is 0 Å². The molecule has 0 bridgehead atoms. The third kappa shape index (κ3) is 5.22. The van der Waals surface area contributed by atoms with Crippen LogP contribution in [0.4, 0.5) is 0 Å². The Kier molecular flexibility index (Phi) is 6.06. The van der Waals surface area contributed by atoms with Gasteiger partial charge < -0.3 is 10.1 Å². The lowest BCUT2D eigenvalue weighted by Crippen LogP contribution is -2.19. The van der Waals surface area contributed by atoms with E-state index in [1.807, 2.05) is 0 Å². The maximum atomic E-state index is 5.66. The van der Waals surface area contributed by atoms with Crippen molar-refractivity contribution in [1.82, 2.24) is 5.32 Å². The summed E-state index contributed by atoms with van der Waals surface area (Å²) in [6.45, 7) is 10.5. The highest BCUT2D eigenvalue weighted by molar-refractivity contribution is 5.28. The van der Waals surface area contributed by atoms with Crippen molar-refractivity contribution in [3.63, 3.8) is 0 Å². The van der Waals surface area contributed by atoms with E-state index in [1.165, 1.54) is 12.0 Å². The van der Waals surface area contributed by atoms with Crippen LogP contribution in [-0.2, 0) is 0 Å². The largest absolute Gasteiger partial charge is 0.493 e. The smallest absolute Gasteiger partial charge is 0.119 e. The summed E-state index contributed by atoms with van der Waals surface area (Å²) in [6.07, 6.45) is 1.17. The molecule has 1 N–H and O–H groups in total. The number of hydrogen-bond acceptors (Lipinski definition) is 2. The van der Waals surface area contributed by atoms with Crippen molar-refractivity contribution in [2.24, 2.45) is 5.92 Å². The minimum Gasteiger partial charge on any atom is -0.493 e. The van der Waals surface area contributed by atoms with Crippen LogP contribution in [0.1, 0.15) is 45.7 Å². The van der Waals surface area contributed by atoms with Crippen LogP contribution in [0.3, 0.4) is 0 Å². The zero-order valence-electron chi connectivity index (χ0n) is 11.5. The molecule has 0 saturated heterocycles. The molecule has 0 aliphatic carbocycles. The Morgan fingerprint density at radius 3 is 2.29 bits per heavy atom. The summed E-state index contributed by atoms with van der Waals surface area (Å²) >= 11 is 0. The van der Waals surface area contributed by atoms with Gasteiger partial charge in [0.2, 0.25) is 0 Å². The molecule has 17 heavy (non-hydrogen) atoms. The molecule has 1 rings (SSSR count). The Morgan fingerprint density at radius 2 is 1.76 bits per heavy atom. The third-order valence-electron chi connectivity index (χ3n) is 2.66. The van der Waals surface area contributed by atoms with E-state index in [4.69, 9.17) is 4.74 Å². The number of rotatable bonds is 7. The van der Waals surface area contributed by atoms with E-state index in [9.17, 15) is 0 Å². The Balaban J connectivity index is 2.49. The minimum atomic E-state index is 0.411. The van der Waals surface area contributed by atoms with Crippen molar-refractivity contribution < 1.29 is 4.74 Å². The Hall–Kier alpha value is -1.02. The topological polar surface area (TPSA) is 21.3 Å². The lowest BCUT2D eigenvalue weighted by molar-refractivity contribution is 0.271. The van der Waals surface area contributed by atoms with Gasteiger partial charge in [0, 0.05) is 6.04 Å². The van der Waals surface area contributed by atoms with Crippen LogP contribution in [0.2, 0.25) is 0 Å². The van der Waals surface area contributed by atoms with Gasteiger partial charge in [-0.3, -0.25) is 0 Å². The SMILES string of the molecule is CCCN[C@H](C)c1ccc(OCC(C)C)cc1. The van der Waals surface area contributed by atoms with Crippen molar-refractivity contribution in [3.05, 3.63) is 29.8 Å². The second-order valence-corrected chi connectivity index (χ2v) is 4.95. The molecule has 0 aliphatic rings. The van der Waals surface area contributed by atoms with E-state index < -0.39 is 0 Å². The molecule has 0 heterocycles. The number of ether oxygens (including phenoxy) is 1. The van der Waals surface area contributed by atoms with Crippen LogP contribution in [0, 0.1) is 5.92 Å². The normalized spacial score (nSPS) is 12.8. The zero-order valence-corrected chi connectivity index (χ0v) is 11.5. The van der Waals surface area contributed by atoms with Crippen molar-refractivity contribution in [2.45, 2.75) is 40.2 Å². The average Bonchev–Trinajstić information content (AvgIpc) is 2.34. The van der Waals surface area contributed by atoms with Crippen LogP contribution < -0.4 is 10.1 Å². The Morgan fingerprint density at radius 1 is 1.12 bits per heavy atom. The monoisotopic (exact) mass is 235 g/mol. The fraction of sp³-hybridized carbons (Fsp3) is 0.600. The molecule has 0 spiro atoms. The molecule has 1 aromatic rings. The van der Waals surface area contributed by atoms with Crippen molar-refractivity contribution in [1.29, 1.82) is 0 Å². The van der Waals surface area contributed by atoms with Crippen LogP contribution >= 0.6 is 0 Å². The molecule has 96 valence electrons. The van der Waals surface area contributed by atoms with E-state index in [2.05, 4.69) is 57.3 Å². The van der Waals surface area contributed by atoms with Gasteiger partial charge >= 0.3 is 0 Å². The van der Waals surface area contributed by atoms with Crippen molar-refractivity contribution in [3.8, 4) is 5.75 Å². The third-order valence-corrected chi connectivity index (χ3v) is 2.66. The molecule has 2 heteroatoms. The minimum absolute atomic E-state index is 0.411. The average molecular weight is 235 g/mol. The summed E-state index contributed by atoms with van der Waals surface area (Å²) in [5, 5.41) is 3.48. The lowest BCUT2D eigenvalue weighted by atomic mass is 10.1. The molecular weight excluding hydrogens is 210 g/mol. The first-order valence-electron chi connectivity index (χ1n) is 6.59. The number of hydrogen-bond donors (Lipinski definition) is 1. The van der Waals surface area contributed by atoms with Gasteiger partial charge in [0.05, 0.1) is 6.61 Å². The summed E-state index contributed by atoms with van der Waals surface area (Å²) in [4.78, 5) is 0. The summed E-state index contributed by atoms with van der Waals surface area (Å²) < 4.78 is 5.66. The maximum Gasteiger partial charge on any atom is 0.119 e. The molecule has 0 aromatic heterocycles. The van der Waals surface area contributed by atoms with E-state index in [-0.39, 0.29) is 0 Å². The molecule has 0 unspecified atom stereocenters. The van der Waals surface area contributed by atoms with E-state index in [0.29, 0.717) is 12.0 Å². The Labute approximate surface area is 105 Å². The number of nitrogens with one attached hydrogen (secondary N) is 1. The van der Waals surface area contributed by atoms with Crippen LogP contribution in [-0.4, -0.2) is 13.2 Å². The van der Waals surface area contributed by atoms with Gasteiger partial charge in [0.25, 0.3) is 0 Å². The second kappa shape index (κ2) is 7.33. The molecule has 0 amide bonds. The number of benzene rings is 1. The van der Waals surface area contributed by atoms with E-state index >= 15 is 0 Å². The molecule has 0 saturated carbocycles. The molecule has 1 atom stereocenters. The molecular formula is C15H25NO. The van der Waals surface area contributed by atoms with Crippen LogP contribution in [0.5, 0.6) is 5.75 Å². The highest BCUT2D eigenvalue weighted by Crippen LogP contribution is 2.18. The first kappa shape index (κ1) is 14.0. The van der Waals surface area contributed by atoms with Gasteiger partial charge in [-0.1, -0.05) is 32.9 Å². The maximum absolute atomic E-state index is 5.66. The van der Waals surface area contributed by atoms with Crippen LogP contribution in [0.15, 0.2) is 24.3 Å². The molecule has 1 aromatic carbocycles. The van der Waals surface area contributed by atoms with Gasteiger partial charge in [-0.05, 0) is 43.5 Å². The predicted octanol–water partition coefficient (Wildman–Crippen LogP) is 3.78. The first-order valence-corrected chi connectivity index (χ1v) is 6.59. The van der Waals surface area contributed by atoms with Crippen molar-refractivity contribution in [2.75, 3.05) is 13.2 Å². The zero-order chi connectivity index (χ0) is 12.7. The molecule has 0 radical (unpaired) electrons. The lowest BCUT2D eigenvalue weighted by Gasteiger charge is -2.14. The van der Waals surface area contributed by atoms with Gasteiger partial charge in [-0.2, -0.15) is 0 Å². The highest BCUT2D eigenvalue weighted by Gasteiger charge is 2.04. The quantitative estimate of drug-likeness (QED) is 0.776. The fourth-order valence-electron chi connectivity index (χ4n) is 1.59. The van der Waals surface area contributed by atoms with Gasteiger partial charge in [-0.15, -0.1) is 0 Å². The van der Waals surface area contributed by atoms with Gasteiger partial charge in [-0.25, -0.2) is 0 Å². The predicted molar refractivity (Wildman–Crippen MR) is 73.5 cm³/mol. The second-order valence-electron chi connectivity index (χ2n) is 4.95. The van der Waals surface area contributed by atoms with E-state index in [1.54, 1.807) is 0 Å². The molecule has 0 aliphatic heterocycles. The van der Waals surface area contributed by atoms with Gasteiger partial charge in [0.15, 0.2) is 0 Å². The molecule has 2 nitrogen and oxygen atoms in total. The standard InChI is InChI=1S/C15H25NO/c1-5-10-16-13(4)14-6-8-15(9-7-14)17-11-12(2)3/h6-9,12-13,16H,5,10-11H2,1-4H3/t13-/m1/s1. The molecule has 0 fully saturated rings. The summed E-state index contributed by atoms with van der Waals surface area (Å²) in [7, 11) is 0. The first-order chi connectivity index (χ1) is 8.13. The fourth-order valence-corrected chi connectivity index (χ4v) is 1.59.